The van der Waals surface area contributed by atoms with Crippen molar-refractivity contribution in [3.8, 4) is 5.75 Å². The summed E-state index contributed by atoms with van der Waals surface area (Å²) in [7, 11) is 18.6. The van der Waals surface area contributed by atoms with Crippen LogP contribution in [0.5, 0.6) is 5.75 Å². The van der Waals surface area contributed by atoms with E-state index in [1.165, 1.54) is 7.11 Å². The fraction of sp³-hybridized carbons (Fsp3) is 0.229. The van der Waals surface area contributed by atoms with Gasteiger partial charge in [0, 0.05) is 157 Å². The van der Waals surface area contributed by atoms with Crippen molar-refractivity contribution >= 4 is 80.0 Å². The molecule has 0 fully saturated rings. The lowest BCUT2D eigenvalue weighted by Gasteiger charge is -2.41. The number of pyridine rings is 1. The van der Waals surface area contributed by atoms with Gasteiger partial charge in [-0.3, -0.25) is 14.4 Å². The molecular formula is C70H70N6O8. The zero-order chi connectivity index (χ0) is 60.3. The van der Waals surface area contributed by atoms with Crippen LogP contribution in [0, 0.1) is 11.8 Å². The topological polar surface area (TPSA) is 158 Å². The van der Waals surface area contributed by atoms with Crippen molar-refractivity contribution in [2.24, 2.45) is 11.8 Å². The summed E-state index contributed by atoms with van der Waals surface area (Å²) in [6.07, 6.45) is 20.6. The zero-order valence-corrected chi connectivity index (χ0v) is 49.7. The van der Waals surface area contributed by atoms with Crippen molar-refractivity contribution in [1.82, 2.24) is 0 Å². The van der Waals surface area contributed by atoms with Crippen molar-refractivity contribution in [2.45, 2.75) is 20.4 Å². The lowest BCUT2D eigenvalue weighted by atomic mass is 9.70. The maximum absolute atomic E-state index is 13.0. The Morgan fingerprint density at radius 3 is 1.93 bits per heavy atom. The number of ether oxygens (including phenoxy) is 2. The maximum atomic E-state index is 13.0. The first-order valence-corrected chi connectivity index (χ1v) is 27.9. The van der Waals surface area contributed by atoms with Crippen LogP contribution in [0.1, 0.15) is 36.2 Å². The third kappa shape index (κ3) is 11.3. The molecule has 84 heavy (non-hydrogen) atoms. The van der Waals surface area contributed by atoms with Gasteiger partial charge in [0.25, 0.3) is 0 Å². The molecule has 14 heteroatoms. The molecule has 1 aliphatic heterocycles. The number of likely N-dealkylation sites (N-methyl/N-ethyl adjacent to an activating group) is 1. The molecule has 2 atom stereocenters. The number of ketones is 3. The number of Topliss-reactive ketones (excluding diaryl/α,β-unsaturated/α-hetero) is 3. The summed E-state index contributed by atoms with van der Waals surface area (Å²) in [4.78, 5) is 44.4. The second kappa shape index (κ2) is 24.7. The Hall–Kier alpha value is -9.82. The van der Waals surface area contributed by atoms with Crippen LogP contribution >= 0.6 is 0 Å². The summed E-state index contributed by atoms with van der Waals surface area (Å²) < 4.78 is 17.0. The second-order valence-corrected chi connectivity index (χ2v) is 21.5. The second-order valence-electron chi connectivity index (χ2n) is 21.5. The number of para-hydroxylation sites is 2. The minimum Gasteiger partial charge on any atom is -0.874 e. The fourth-order valence-electron chi connectivity index (χ4n) is 10.8. The van der Waals surface area contributed by atoms with Gasteiger partial charge < -0.3 is 39.5 Å². The number of aromatic nitrogens is 1. The minimum absolute atomic E-state index is 0.171. The van der Waals surface area contributed by atoms with Gasteiger partial charge in [-0.25, -0.2) is 9.15 Å². The van der Waals surface area contributed by atoms with E-state index in [1.54, 1.807) is 25.3 Å². The lowest BCUT2D eigenvalue weighted by Crippen LogP contribution is -2.42. The smallest absolute Gasteiger partial charge is 0.212 e. The molecule has 6 aliphatic rings. The molecule has 5 aliphatic carbocycles. The fourth-order valence-corrected chi connectivity index (χ4v) is 10.8. The Bertz CT molecular complexity index is 3960. The van der Waals surface area contributed by atoms with E-state index < -0.39 is 5.92 Å². The predicted molar refractivity (Wildman–Crippen MR) is 329 cm³/mol. The number of rotatable bonds is 11. The number of hydrogen-bond donors (Lipinski definition) is 0. The summed E-state index contributed by atoms with van der Waals surface area (Å²) in [5, 5.41) is 39.5. The number of hydrogen-bond acceptors (Lipinski definition) is 11. The normalized spacial score (nSPS) is 18.7. The quantitative estimate of drug-likeness (QED) is 0.0976. The molecule has 0 spiro atoms. The van der Waals surface area contributed by atoms with Crippen molar-refractivity contribution in [1.29, 1.82) is 0 Å². The van der Waals surface area contributed by atoms with Crippen LogP contribution in [0.25, 0.3) is 34.2 Å². The molecule has 5 aromatic rings. The SMILES string of the molecule is CCN1/C(=C/C2=C([O-])C(=C/c3ccc4ccccc4[n+]3CC)/C2=O)C=Cc2ccccc21.CN(C)c1ccc(C2=C([O-])C(=C3C=CC(=[N+](C)C)C=C3)C2=O)cc1.COC1=CC(=[N+](C)C)C=CC1C1C(=O)C(c2ccc(N(C)C)cc2OC)=C1[O-]. The van der Waals surface area contributed by atoms with E-state index in [-0.39, 0.29) is 68.4 Å². The van der Waals surface area contributed by atoms with Crippen LogP contribution in [0.4, 0.5) is 17.1 Å². The van der Waals surface area contributed by atoms with E-state index in [9.17, 15) is 29.7 Å². The molecule has 1 aromatic heterocycles. The van der Waals surface area contributed by atoms with Crippen LogP contribution in [0.15, 0.2) is 209 Å². The summed E-state index contributed by atoms with van der Waals surface area (Å²) in [5.74, 6) is -1.07. The molecule has 0 saturated heterocycles. The third-order valence-corrected chi connectivity index (χ3v) is 15.6. The first kappa shape index (κ1) is 58.8. The van der Waals surface area contributed by atoms with Crippen molar-refractivity contribution in [2.75, 3.05) is 91.8 Å². The molecule has 14 nitrogen and oxygen atoms in total. The molecule has 0 bridgehead atoms. The number of methoxy groups -OCH3 is 2. The summed E-state index contributed by atoms with van der Waals surface area (Å²) in [6.45, 7) is 5.62. The van der Waals surface area contributed by atoms with Gasteiger partial charge in [0.2, 0.25) is 16.9 Å². The van der Waals surface area contributed by atoms with Crippen LogP contribution in [-0.2, 0) is 25.7 Å². The number of fused-ring (bicyclic) bond motifs is 2. The van der Waals surface area contributed by atoms with Gasteiger partial charge in [0.05, 0.1) is 14.2 Å². The van der Waals surface area contributed by atoms with Crippen LogP contribution in [0.3, 0.4) is 0 Å². The number of allylic oxidation sites excluding steroid dienone is 16. The van der Waals surface area contributed by atoms with Gasteiger partial charge in [-0.15, -0.1) is 5.76 Å². The Labute approximate surface area is 491 Å². The summed E-state index contributed by atoms with van der Waals surface area (Å²) >= 11 is 0. The van der Waals surface area contributed by atoms with E-state index in [0.29, 0.717) is 28.2 Å². The Kier molecular flexibility index (Phi) is 17.3. The Morgan fingerprint density at radius 1 is 0.655 bits per heavy atom. The molecule has 2 heterocycles. The first-order chi connectivity index (χ1) is 40.3. The highest BCUT2D eigenvalue weighted by atomic mass is 16.5. The van der Waals surface area contributed by atoms with Gasteiger partial charge in [0.1, 0.15) is 46.2 Å². The highest BCUT2D eigenvalue weighted by Crippen LogP contribution is 2.46. The van der Waals surface area contributed by atoms with E-state index in [1.807, 2.05) is 203 Å². The molecule has 0 N–H and O–H groups in total. The summed E-state index contributed by atoms with van der Waals surface area (Å²) in [5.41, 5.74) is 12.1. The number of carbonyl (C=O) groups is 3. The van der Waals surface area contributed by atoms with Gasteiger partial charge in [-0.05, 0) is 97.3 Å². The van der Waals surface area contributed by atoms with Gasteiger partial charge in [-0.2, -0.15) is 4.57 Å². The van der Waals surface area contributed by atoms with Crippen LogP contribution < -0.4 is 39.3 Å². The van der Waals surface area contributed by atoms with Crippen molar-refractivity contribution in [3.63, 3.8) is 0 Å². The average Bonchev–Trinajstić information content (AvgIpc) is 3.50. The first-order valence-electron chi connectivity index (χ1n) is 27.9. The zero-order valence-electron chi connectivity index (χ0n) is 49.7. The molecule has 0 saturated carbocycles. The number of carbonyl (C=O) groups excluding carboxylic acids is 3. The van der Waals surface area contributed by atoms with E-state index in [0.717, 1.165) is 69.4 Å². The molecule has 0 radical (unpaired) electrons. The highest BCUT2D eigenvalue weighted by Gasteiger charge is 2.43. The number of aryl methyl sites for hydroxylation is 1. The number of nitrogens with zero attached hydrogens (tertiary/aromatic N) is 6. The standard InChI is InChI=1S/C28H24N2O2.C22H26N2O4.C20H20N2O2/c1-3-29-21(15-13-19-9-5-7-11-25(19)29)17-23-27(31)24(28(23)32)18-22-16-14-20-10-6-8-12-26(20)30(22)4-2;1-23(2)13-7-9-15(17(11-13)27-5)19-21(25)20(22(19)26)16-10-8-14(24(3)4)12-18(16)28-6;1-21(2)15-9-5-13(6-10-15)17-19(23)18(20(17)24)14-7-11-16(12-8-14)22(3)4/h5-18H,3-4H2,1-2H3;7-12,15,19H,1-6H3;5-12H,1-4H3. The molecule has 428 valence electrons. The van der Waals surface area contributed by atoms with Crippen LogP contribution in [0.2, 0.25) is 0 Å². The van der Waals surface area contributed by atoms with Crippen LogP contribution in [-0.4, -0.2) is 115 Å². The molecule has 2 unspecified atom stereocenters. The number of anilines is 3. The molecule has 0 amide bonds. The third-order valence-electron chi connectivity index (χ3n) is 15.6. The van der Waals surface area contributed by atoms with E-state index in [2.05, 4.69) is 47.6 Å². The Morgan fingerprint density at radius 2 is 1.32 bits per heavy atom. The summed E-state index contributed by atoms with van der Waals surface area (Å²) in [6, 6.07) is 33.2. The largest absolute Gasteiger partial charge is 0.874 e. The number of benzene rings is 4. The molecule has 11 rings (SSSR count). The van der Waals surface area contributed by atoms with Crippen molar-refractivity contribution < 1.29 is 52.9 Å². The molecular weight excluding hydrogens is 1050 g/mol. The van der Waals surface area contributed by atoms with Gasteiger partial charge >= 0.3 is 0 Å². The predicted octanol–water partition coefficient (Wildman–Crippen LogP) is 7.17. The average molecular weight is 1120 g/mol. The Balaban J connectivity index is 0.000000153. The van der Waals surface area contributed by atoms with E-state index in [4.69, 9.17) is 9.47 Å². The molecule has 4 aromatic carbocycles. The monoisotopic (exact) mass is 1120 g/mol. The van der Waals surface area contributed by atoms with Crippen molar-refractivity contribution in [3.05, 3.63) is 231 Å². The van der Waals surface area contributed by atoms with Gasteiger partial charge in [0.15, 0.2) is 23.1 Å². The van der Waals surface area contributed by atoms with E-state index >= 15 is 0 Å². The maximum Gasteiger partial charge on any atom is 0.212 e. The lowest BCUT2D eigenvalue weighted by molar-refractivity contribution is -0.669. The highest BCUT2D eigenvalue weighted by molar-refractivity contribution is 6.39. The minimum atomic E-state index is -0.751. The van der Waals surface area contributed by atoms with Gasteiger partial charge in [-0.1, -0.05) is 66.1 Å².